The Morgan fingerprint density at radius 1 is 0.644 bits per heavy atom. The number of aromatic hydroxyl groups is 4. The van der Waals surface area contributed by atoms with Gasteiger partial charge in [0.1, 0.15) is 65.0 Å². The van der Waals surface area contributed by atoms with Crippen LogP contribution < -0.4 is 9.47 Å². The number of ether oxygens (including phenoxy) is 3. The van der Waals surface area contributed by atoms with Crippen LogP contribution in [-0.4, -0.2) is 78.2 Å². The highest BCUT2D eigenvalue weighted by Gasteiger charge is 2.45. The fourth-order valence-corrected chi connectivity index (χ4v) is 5.73. The average Bonchev–Trinajstić information content (AvgIpc) is 3.39. The van der Waals surface area contributed by atoms with Crippen LogP contribution in [0.25, 0.3) is 12.2 Å². The average molecular weight is 617 g/mol. The molecular weight excluding hydrogens is 584 g/mol. The van der Waals surface area contributed by atoms with Crippen LogP contribution in [0, 0.1) is 0 Å². The molecule has 7 unspecified atom stereocenters. The second-order valence-corrected chi connectivity index (χ2v) is 11.1. The van der Waals surface area contributed by atoms with Crippen LogP contribution in [0.4, 0.5) is 0 Å². The van der Waals surface area contributed by atoms with Crippen molar-refractivity contribution in [3.05, 3.63) is 107 Å². The number of phenols is 4. The first-order valence-corrected chi connectivity index (χ1v) is 14.2. The van der Waals surface area contributed by atoms with Crippen LogP contribution in [0.3, 0.4) is 0 Å². The molecule has 2 aliphatic heterocycles. The minimum absolute atomic E-state index is 0.0700. The van der Waals surface area contributed by atoms with Crippen molar-refractivity contribution < 1.29 is 55.1 Å². The predicted octanol–water partition coefficient (Wildman–Crippen LogP) is 3.12. The maximum atomic E-state index is 10.8. The molecule has 234 valence electrons. The number of benzene rings is 4. The first-order chi connectivity index (χ1) is 21.6. The summed E-state index contributed by atoms with van der Waals surface area (Å²) in [5, 5.41) is 80.7. The molecule has 1 fully saturated rings. The molecule has 11 heteroatoms. The van der Waals surface area contributed by atoms with E-state index >= 15 is 0 Å². The minimum Gasteiger partial charge on any atom is -0.508 e. The zero-order chi connectivity index (χ0) is 31.8. The first kappa shape index (κ1) is 30.3. The van der Waals surface area contributed by atoms with Crippen LogP contribution in [-0.2, 0) is 4.74 Å². The van der Waals surface area contributed by atoms with Gasteiger partial charge in [0.15, 0.2) is 0 Å². The van der Waals surface area contributed by atoms with Gasteiger partial charge in [-0.1, -0.05) is 30.4 Å². The number of hydrogen-bond acceptors (Lipinski definition) is 11. The van der Waals surface area contributed by atoms with Gasteiger partial charge in [-0.15, -0.1) is 0 Å². The Morgan fingerprint density at radius 3 is 2.04 bits per heavy atom. The van der Waals surface area contributed by atoms with Gasteiger partial charge in [-0.2, -0.15) is 0 Å². The molecule has 2 aliphatic rings. The SMILES string of the molecule is OCC1OC(Oc2cc(O)cc(C3c4cc(C=Cc5cc(O)cc(O)c5)ccc4OC3c3ccc(O)cc3)c2)C(O)C(O)C1O. The minimum atomic E-state index is -1.64. The Hall–Kier alpha value is -4.78. The zero-order valence-corrected chi connectivity index (χ0v) is 23.7. The maximum absolute atomic E-state index is 10.8. The van der Waals surface area contributed by atoms with E-state index in [-0.39, 0.29) is 28.7 Å². The second kappa shape index (κ2) is 12.3. The van der Waals surface area contributed by atoms with Crippen molar-refractivity contribution in [3.63, 3.8) is 0 Å². The van der Waals surface area contributed by atoms with Crippen molar-refractivity contribution in [3.8, 4) is 34.5 Å². The third-order valence-corrected chi connectivity index (χ3v) is 7.91. The van der Waals surface area contributed by atoms with E-state index in [0.717, 1.165) is 16.7 Å². The number of aliphatic hydroxyl groups excluding tert-OH is 4. The summed E-state index contributed by atoms with van der Waals surface area (Å²) in [6, 6.07) is 20.9. The molecule has 8 N–H and O–H groups in total. The summed E-state index contributed by atoms with van der Waals surface area (Å²) in [7, 11) is 0. The van der Waals surface area contributed by atoms with Crippen LogP contribution >= 0.6 is 0 Å². The van der Waals surface area contributed by atoms with E-state index in [2.05, 4.69) is 0 Å². The monoisotopic (exact) mass is 616 g/mol. The van der Waals surface area contributed by atoms with Gasteiger partial charge >= 0.3 is 0 Å². The summed E-state index contributed by atoms with van der Waals surface area (Å²) in [5.74, 6) is -0.0312. The van der Waals surface area contributed by atoms with Gasteiger partial charge in [-0.3, -0.25) is 0 Å². The van der Waals surface area contributed by atoms with Crippen molar-refractivity contribution in [2.75, 3.05) is 6.61 Å². The summed E-state index contributed by atoms with van der Waals surface area (Å²) in [5.41, 5.74) is 3.48. The number of rotatable bonds is 7. The molecule has 2 heterocycles. The molecule has 11 nitrogen and oxygen atoms in total. The second-order valence-electron chi connectivity index (χ2n) is 11.1. The summed E-state index contributed by atoms with van der Waals surface area (Å²) >= 11 is 0. The van der Waals surface area contributed by atoms with Crippen molar-refractivity contribution in [2.24, 2.45) is 0 Å². The fraction of sp³-hybridized carbons (Fsp3) is 0.235. The normalized spacial score (nSPS) is 26.0. The third-order valence-electron chi connectivity index (χ3n) is 7.91. The van der Waals surface area contributed by atoms with E-state index in [1.54, 1.807) is 42.5 Å². The lowest BCUT2D eigenvalue weighted by atomic mass is 9.84. The molecule has 0 aromatic heterocycles. The largest absolute Gasteiger partial charge is 0.508 e. The van der Waals surface area contributed by atoms with Gasteiger partial charge in [0.05, 0.1) is 12.5 Å². The Morgan fingerprint density at radius 2 is 1.33 bits per heavy atom. The smallest absolute Gasteiger partial charge is 0.229 e. The maximum Gasteiger partial charge on any atom is 0.229 e. The lowest BCUT2D eigenvalue weighted by molar-refractivity contribution is -0.277. The molecule has 4 aromatic carbocycles. The van der Waals surface area contributed by atoms with E-state index in [9.17, 15) is 40.9 Å². The topological polar surface area (TPSA) is 190 Å². The van der Waals surface area contributed by atoms with E-state index in [0.29, 0.717) is 16.9 Å². The van der Waals surface area contributed by atoms with E-state index in [1.165, 1.54) is 24.3 Å². The Balaban J connectivity index is 1.37. The number of fused-ring (bicyclic) bond motifs is 1. The van der Waals surface area contributed by atoms with Gasteiger partial charge in [0.2, 0.25) is 6.29 Å². The standard InChI is InChI=1S/C34H32O11/c35-16-28-30(40)31(41)32(42)34(45-28)43-25-13-20(12-24(39)15-25)29-26-11-17(1-2-18-9-22(37)14-23(38)10-18)3-8-27(26)44-33(29)19-4-6-21(36)7-5-19/h1-15,28-42H,16H2. The van der Waals surface area contributed by atoms with Gasteiger partial charge in [0.25, 0.3) is 0 Å². The lowest BCUT2D eigenvalue weighted by Crippen LogP contribution is -2.60. The van der Waals surface area contributed by atoms with E-state index < -0.39 is 49.3 Å². The molecule has 0 saturated carbocycles. The summed E-state index contributed by atoms with van der Waals surface area (Å²) in [6.45, 7) is -0.621. The molecule has 4 aromatic rings. The molecule has 0 spiro atoms. The molecule has 0 amide bonds. The summed E-state index contributed by atoms with van der Waals surface area (Å²) in [4.78, 5) is 0. The van der Waals surface area contributed by atoms with Crippen molar-refractivity contribution in [1.29, 1.82) is 0 Å². The molecule has 0 bridgehead atoms. The first-order valence-electron chi connectivity index (χ1n) is 14.2. The molecule has 1 saturated heterocycles. The van der Waals surface area contributed by atoms with Crippen LogP contribution in [0.1, 0.15) is 39.8 Å². The van der Waals surface area contributed by atoms with E-state index in [1.807, 2.05) is 24.3 Å². The highest BCUT2D eigenvalue weighted by molar-refractivity contribution is 5.72. The Labute approximate surface area is 257 Å². The number of phenolic OH excluding ortho intramolecular Hbond substituents is 4. The number of aliphatic hydroxyl groups is 4. The summed E-state index contributed by atoms with van der Waals surface area (Å²) < 4.78 is 17.7. The third kappa shape index (κ3) is 6.25. The predicted molar refractivity (Wildman–Crippen MR) is 161 cm³/mol. The molecule has 0 aliphatic carbocycles. The quantitative estimate of drug-likeness (QED) is 0.142. The Bertz CT molecular complexity index is 1680. The molecule has 6 rings (SSSR count). The van der Waals surface area contributed by atoms with Gasteiger partial charge in [0, 0.05) is 17.7 Å². The Kier molecular flexibility index (Phi) is 8.28. The molecule has 7 atom stereocenters. The zero-order valence-electron chi connectivity index (χ0n) is 23.7. The van der Waals surface area contributed by atoms with E-state index in [4.69, 9.17) is 14.2 Å². The summed E-state index contributed by atoms with van der Waals surface area (Å²) in [6.07, 6.45) is -4.48. The lowest BCUT2D eigenvalue weighted by Gasteiger charge is -2.39. The molecular formula is C34H32O11. The highest BCUT2D eigenvalue weighted by atomic mass is 16.7. The van der Waals surface area contributed by atoms with Crippen molar-refractivity contribution in [1.82, 2.24) is 0 Å². The van der Waals surface area contributed by atoms with Gasteiger partial charge in [-0.05, 0) is 70.8 Å². The van der Waals surface area contributed by atoms with Crippen molar-refractivity contribution in [2.45, 2.75) is 42.7 Å². The van der Waals surface area contributed by atoms with Crippen LogP contribution in [0.5, 0.6) is 34.5 Å². The highest BCUT2D eigenvalue weighted by Crippen LogP contribution is 2.51. The van der Waals surface area contributed by atoms with Crippen molar-refractivity contribution >= 4 is 12.2 Å². The number of hydrogen-bond donors (Lipinski definition) is 8. The van der Waals surface area contributed by atoms with Crippen LogP contribution in [0.2, 0.25) is 0 Å². The van der Waals surface area contributed by atoms with Gasteiger partial charge in [-0.25, -0.2) is 0 Å². The van der Waals surface area contributed by atoms with Crippen LogP contribution in [0.15, 0.2) is 78.9 Å². The molecule has 0 radical (unpaired) electrons. The fourth-order valence-electron chi connectivity index (χ4n) is 5.73. The van der Waals surface area contributed by atoms with Gasteiger partial charge < -0.3 is 55.1 Å². The molecule has 45 heavy (non-hydrogen) atoms.